The third-order valence-corrected chi connectivity index (χ3v) is 2.27. The highest BCUT2D eigenvalue weighted by Gasteiger charge is 2.06. The number of hydrogen-bond donors (Lipinski definition) is 0. The lowest BCUT2D eigenvalue weighted by atomic mass is 10.2. The van der Waals surface area contributed by atoms with Crippen molar-refractivity contribution < 1.29 is 0 Å². The van der Waals surface area contributed by atoms with Gasteiger partial charge in [-0.05, 0) is 12.5 Å². The van der Waals surface area contributed by atoms with Crippen LogP contribution in [0.5, 0.6) is 0 Å². The summed E-state index contributed by atoms with van der Waals surface area (Å²) in [5.74, 6) is 3.12. The van der Waals surface area contributed by atoms with E-state index >= 15 is 0 Å². The number of allylic oxidation sites excluding steroid dienone is 2. The normalized spacial score (nSPS) is 11.3. The fourth-order valence-electron chi connectivity index (χ4n) is 0.722. The van der Waals surface area contributed by atoms with E-state index in [4.69, 9.17) is 0 Å². The molecular formula is C11H20Si. The lowest BCUT2D eigenvalue weighted by molar-refractivity contribution is 0.815. The highest BCUT2D eigenvalue weighted by atomic mass is 28.3. The van der Waals surface area contributed by atoms with Crippen molar-refractivity contribution in [2.45, 2.75) is 45.8 Å². The van der Waals surface area contributed by atoms with Crippen LogP contribution in [0.2, 0.25) is 19.6 Å². The molecule has 0 bridgehead atoms. The lowest BCUT2D eigenvalue weighted by Gasteiger charge is -2.01. The van der Waals surface area contributed by atoms with E-state index in [-0.39, 0.29) is 0 Å². The van der Waals surface area contributed by atoms with Gasteiger partial charge in [-0.1, -0.05) is 51.4 Å². The van der Waals surface area contributed by atoms with E-state index < -0.39 is 8.07 Å². The first-order chi connectivity index (χ1) is 5.56. The Morgan fingerprint density at radius 1 is 1.25 bits per heavy atom. The minimum Gasteiger partial charge on any atom is -0.127 e. The molecule has 0 amide bonds. The molecule has 0 radical (unpaired) electrons. The Labute approximate surface area is 78.1 Å². The number of hydrogen-bond acceptors (Lipinski definition) is 0. The Hall–Kier alpha value is -0.483. The van der Waals surface area contributed by atoms with Gasteiger partial charge >= 0.3 is 0 Å². The van der Waals surface area contributed by atoms with Crippen molar-refractivity contribution in [3.63, 3.8) is 0 Å². The maximum Gasteiger partial charge on any atom is 0.129 e. The van der Waals surface area contributed by atoms with Gasteiger partial charge in [0, 0.05) is 0 Å². The topological polar surface area (TPSA) is 0 Å². The van der Waals surface area contributed by atoms with Crippen molar-refractivity contribution >= 4 is 8.07 Å². The molecule has 0 fully saturated rings. The average Bonchev–Trinajstić information content (AvgIpc) is 1.94. The summed E-state index contributed by atoms with van der Waals surface area (Å²) >= 11 is 0. The van der Waals surface area contributed by atoms with Crippen LogP contribution >= 0.6 is 0 Å². The largest absolute Gasteiger partial charge is 0.129 e. The minimum absolute atomic E-state index is 1.14. The van der Waals surface area contributed by atoms with Crippen molar-refractivity contribution in [1.82, 2.24) is 0 Å². The average molecular weight is 180 g/mol. The van der Waals surface area contributed by atoms with E-state index in [1.807, 2.05) is 6.08 Å². The molecule has 0 aliphatic carbocycles. The van der Waals surface area contributed by atoms with E-state index in [2.05, 4.69) is 44.1 Å². The zero-order valence-electron chi connectivity index (χ0n) is 8.78. The molecule has 0 N–H and O–H groups in total. The molecule has 0 spiro atoms. The molecule has 0 aliphatic rings. The quantitative estimate of drug-likeness (QED) is 0.353. The minimum atomic E-state index is -1.14. The molecule has 0 atom stereocenters. The highest BCUT2D eigenvalue weighted by molar-refractivity contribution is 6.83. The van der Waals surface area contributed by atoms with Gasteiger partial charge in [-0.25, -0.2) is 0 Å². The standard InChI is InChI=1S/C11H20Si/c1-5-6-7-8-9-10-11-12(2,3)4/h8-9H,5-7H2,1-4H3/b9-8-. The molecule has 0 aromatic heterocycles. The summed E-state index contributed by atoms with van der Waals surface area (Å²) in [5.41, 5.74) is 3.30. The Kier molecular flexibility index (Phi) is 5.83. The third-order valence-electron chi connectivity index (χ3n) is 1.37. The Morgan fingerprint density at radius 2 is 1.92 bits per heavy atom. The van der Waals surface area contributed by atoms with E-state index in [1.54, 1.807) is 0 Å². The molecule has 0 rings (SSSR count). The second-order valence-corrected chi connectivity index (χ2v) is 8.81. The van der Waals surface area contributed by atoms with Crippen molar-refractivity contribution in [2.75, 3.05) is 0 Å². The van der Waals surface area contributed by atoms with Gasteiger partial charge in [0.15, 0.2) is 0 Å². The van der Waals surface area contributed by atoms with Gasteiger partial charge in [0.1, 0.15) is 8.07 Å². The lowest BCUT2D eigenvalue weighted by Crippen LogP contribution is -2.16. The molecule has 0 saturated heterocycles. The summed E-state index contributed by atoms with van der Waals surface area (Å²) in [5, 5.41) is 0. The second-order valence-electron chi connectivity index (χ2n) is 4.06. The molecule has 12 heavy (non-hydrogen) atoms. The fourth-order valence-corrected chi connectivity index (χ4v) is 1.24. The summed E-state index contributed by atoms with van der Waals surface area (Å²) in [6.45, 7) is 9.00. The van der Waals surface area contributed by atoms with Crippen LogP contribution in [0.3, 0.4) is 0 Å². The second kappa shape index (κ2) is 6.08. The summed E-state index contributed by atoms with van der Waals surface area (Å²) in [7, 11) is -1.14. The number of rotatable bonds is 3. The molecule has 0 aromatic rings. The van der Waals surface area contributed by atoms with Crippen LogP contribution in [0.25, 0.3) is 0 Å². The van der Waals surface area contributed by atoms with Crippen molar-refractivity contribution in [3.8, 4) is 11.5 Å². The molecule has 0 aromatic carbocycles. The van der Waals surface area contributed by atoms with Gasteiger partial charge in [-0.2, -0.15) is 0 Å². The molecule has 68 valence electrons. The molecule has 0 heterocycles. The van der Waals surface area contributed by atoms with Gasteiger partial charge in [-0.15, -0.1) is 5.54 Å². The third kappa shape index (κ3) is 9.52. The molecular weight excluding hydrogens is 160 g/mol. The predicted molar refractivity (Wildman–Crippen MR) is 59.8 cm³/mol. The molecule has 0 saturated carbocycles. The van der Waals surface area contributed by atoms with E-state index in [0.29, 0.717) is 0 Å². The smallest absolute Gasteiger partial charge is 0.127 e. The van der Waals surface area contributed by atoms with Crippen molar-refractivity contribution in [3.05, 3.63) is 12.2 Å². The highest BCUT2D eigenvalue weighted by Crippen LogP contribution is 1.97. The van der Waals surface area contributed by atoms with Crippen LogP contribution in [0.1, 0.15) is 26.2 Å². The first-order valence-electron chi connectivity index (χ1n) is 4.74. The molecule has 1 heteroatoms. The zero-order chi connectivity index (χ0) is 9.45. The first kappa shape index (κ1) is 11.5. The molecule has 0 nitrogen and oxygen atoms in total. The van der Waals surface area contributed by atoms with Gasteiger partial charge in [0.05, 0.1) is 0 Å². The van der Waals surface area contributed by atoms with Crippen LogP contribution in [0.15, 0.2) is 12.2 Å². The maximum atomic E-state index is 3.30. The van der Waals surface area contributed by atoms with Crippen LogP contribution < -0.4 is 0 Å². The summed E-state index contributed by atoms with van der Waals surface area (Å²) < 4.78 is 0. The number of unbranched alkanes of at least 4 members (excludes halogenated alkanes) is 2. The van der Waals surface area contributed by atoms with Gasteiger partial charge < -0.3 is 0 Å². The monoisotopic (exact) mass is 180 g/mol. The van der Waals surface area contributed by atoms with Gasteiger partial charge in [-0.3, -0.25) is 0 Å². The zero-order valence-corrected chi connectivity index (χ0v) is 9.78. The van der Waals surface area contributed by atoms with Gasteiger partial charge in [0.25, 0.3) is 0 Å². The summed E-state index contributed by atoms with van der Waals surface area (Å²) in [6.07, 6.45) is 7.92. The van der Waals surface area contributed by atoms with E-state index in [0.717, 1.165) is 0 Å². The van der Waals surface area contributed by atoms with E-state index in [1.165, 1.54) is 19.3 Å². The van der Waals surface area contributed by atoms with E-state index in [9.17, 15) is 0 Å². The van der Waals surface area contributed by atoms with Crippen LogP contribution in [-0.2, 0) is 0 Å². The SMILES string of the molecule is CCCC/C=C\C#C[Si](C)(C)C. The Balaban J connectivity index is 3.63. The van der Waals surface area contributed by atoms with Crippen molar-refractivity contribution in [2.24, 2.45) is 0 Å². The predicted octanol–water partition coefficient (Wildman–Crippen LogP) is 3.61. The Morgan fingerprint density at radius 3 is 2.42 bits per heavy atom. The van der Waals surface area contributed by atoms with Crippen molar-refractivity contribution in [1.29, 1.82) is 0 Å². The maximum absolute atomic E-state index is 3.30. The van der Waals surface area contributed by atoms with Gasteiger partial charge in [0.2, 0.25) is 0 Å². The molecule has 0 unspecified atom stereocenters. The summed E-state index contributed by atoms with van der Waals surface area (Å²) in [4.78, 5) is 0. The fraction of sp³-hybridized carbons (Fsp3) is 0.636. The molecule has 0 aliphatic heterocycles. The van der Waals surface area contributed by atoms with Crippen LogP contribution in [-0.4, -0.2) is 8.07 Å². The van der Waals surface area contributed by atoms with Crippen LogP contribution in [0.4, 0.5) is 0 Å². The summed E-state index contributed by atoms with van der Waals surface area (Å²) in [6, 6.07) is 0. The first-order valence-corrected chi connectivity index (χ1v) is 8.24. The Bertz CT molecular complexity index is 185. The van der Waals surface area contributed by atoms with Crippen LogP contribution in [0, 0.1) is 11.5 Å².